The number of rotatable bonds is 7. The third-order valence-corrected chi connectivity index (χ3v) is 2.04. The van der Waals surface area contributed by atoms with Crippen molar-refractivity contribution in [2.75, 3.05) is 26.4 Å². The molecular formula is C10H21NO3. The van der Waals surface area contributed by atoms with Gasteiger partial charge in [-0.05, 0) is 12.8 Å². The molecule has 0 amide bonds. The normalized spacial score (nSPS) is 12.9. The van der Waals surface area contributed by atoms with E-state index in [0.717, 1.165) is 0 Å². The van der Waals surface area contributed by atoms with Gasteiger partial charge < -0.3 is 15.2 Å². The first-order valence-corrected chi connectivity index (χ1v) is 5.07. The quantitative estimate of drug-likeness (QED) is 0.491. The van der Waals surface area contributed by atoms with Crippen LogP contribution in [0.1, 0.15) is 20.8 Å². The highest BCUT2D eigenvalue weighted by molar-refractivity contribution is 5.72. The second kappa shape index (κ2) is 7.76. The van der Waals surface area contributed by atoms with E-state index in [-0.39, 0.29) is 17.8 Å². The molecule has 0 radical (unpaired) electrons. The van der Waals surface area contributed by atoms with Crippen molar-refractivity contribution in [1.82, 2.24) is 0 Å². The number of ether oxygens (including phenoxy) is 2. The van der Waals surface area contributed by atoms with E-state index in [9.17, 15) is 4.79 Å². The van der Waals surface area contributed by atoms with E-state index in [1.54, 1.807) is 0 Å². The number of hydrogen-bond acceptors (Lipinski definition) is 4. The van der Waals surface area contributed by atoms with E-state index in [1.807, 2.05) is 20.8 Å². The molecule has 4 heteroatoms. The van der Waals surface area contributed by atoms with E-state index in [1.165, 1.54) is 0 Å². The molecule has 0 fully saturated rings. The maximum absolute atomic E-state index is 11.4. The Labute approximate surface area is 85.8 Å². The van der Waals surface area contributed by atoms with Gasteiger partial charge in [-0.15, -0.1) is 0 Å². The third kappa shape index (κ3) is 5.19. The van der Waals surface area contributed by atoms with E-state index < -0.39 is 0 Å². The van der Waals surface area contributed by atoms with Crippen LogP contribution in [0.3, 0.4) is 0 Å². The Balaban J connectivity index is 3.70. The molecule has 2 N–H and O–H groups in total. The summed E-state index contributed by atoms with van der Waals surface area (Å²) in [6, 6.07) is 0. The summed E-state index contributed by atoms with van der Waals surface area (Å²) in [5.74, 6) is -0.196. The molecule has 1 atom stereocenters. The number of nitrogens with two attached hydrogens (primary N) is 1. The Hall–Kier alpha value is -0.610. The lowest BCUT2D eigenvalue weighted by Gasteiger charge is -2.17. The minimum atomic E-state index is -0.220. The largest absolute Gasteiger partial charge is 0.463 e. The molecule has 1 unspecified atom stereocenters. The highest BCUT2D eigenvalue weighted by Crippen LogP contribution is 2.10. The molecule has 0 aliphatic carbocycles. The van der Waals surface area contributed by atoms with Crippen molar-refractivity contribution < 1.29 is 14.3 Å². The molecule has 0 aliphatic heterocycles. The number of esters is 1. The van der Waals surface area contributed by atoms with Crippen LogP contribution >= 0.6 is 0 Å². The van der Waals surface area contributed by atoms with Gasteiger partial charge in [-0.25, -0.2) is 0 Å². The standard InChI is InChI=1S/C10H21NO3/c1-4-13-5-6-14-10(12)9(7-11)8(2)3/h8-9H,4-7,11H2,1-3H3. The summed E-state index contributed by atoms with van der Waals surface area (Å²) in [6.45, 7) is 7.57. The van der Waals surface area contributed by atoms with Gasteiger partial charge in [-0.1, -0.05) is 13.8 Å². The van der Waals surface area contributed by atoms with Gasteiger partial charge in [0, 0.05) is 13.2 Å². The Morgan fingerprint density at radius 2 is 2.00 bits per heavy atom. The van der Waals surface area contributed by atoms with Gasteiger partial charge in [0.1, 0.15) is 6.61 Å². The molecular weight excluding hydrogens is 182 g/mol. The van der Waals surface area contributed by atoms with Crippen LogP contribution in [-0.2, 0) is 14.3 Å². The van der Waals surface area contributed by atoms with Crippen molar-refractivity contribution in [3.8, 4) is 0 Å². The summed E-state index contributed by atoms with van der Waals surface area (Å²) >= 11 is 0. The molecule has 0 spiro atoms. The van der Waals surface area contributed by atoms with Crippen molar-refractivity contribution in [3.05, 3.63) is 0 Å². The predicted octanol–water partition coefficient (Wildman–Crippen LogP) is 0.797. The first kappa shape index (κ1) is 13.4. The maximum atomic E-state index is 11.4. The van der Waals surface area contributed by atoms with Gasteiger partial charge in [0.15, 0.2) is 0 Å². The summed E-state index contributed by atoms with van der Waals surface area (Å²) in [5.41, 5.74) is 5.47. The minimum Gasteiger partial charge on any atom is -0.463 e. The van der Waals surface area contributed by atoms with Gasteiger partial charge in [0.2, 0.25) is 0 Å². The Morgan fingerprint density at radius 1 is 1.36 bits per heavy atom. The zero-order chi connectivity index (χ0) is 11.0. The fourth-order valence-electron chi connectivity index (χ4n) is 1.09. The lowest BCUT2D eigenvalue weighted by Crippen LogP contribution is -2.30. The van der Waals surface area contributed by atoms with E-state index in [2.05, 4.69) is 0 Å². The average molecular weight is 203 g/mol. The Bertz CT molecular complexity index is 159. The second-order valence-electron chi connectivity index (χ2n) is 3.45. The van der Waals surface area contributed by atoms with E-state index >= 15 is 0 Å². The van der Waals surface area contributed by atoms with Crippen molar-refractivity contribution in [2.45, 2.75) is 20.8 Å². The molecule has 0 aromatic rings. The zero-order valence-corrected chi connectivity index (χ0v) is 9.29. The molecule has 0 aromatic heterocycles. The van der Waals surface area contributed by atoms with Crippen molar-refractivity contribution in [2.24, 2.45) is 17.6 Å². The molecule has 14 heavy (non-hydrogen) atoms. The van der Waals surface area contributed by atoms with Crippen molar-refractivity contribution >= 4 is 5.97 Å². The monoisotopic (exact) mass is 203 g/mol. The first-order valence-electron chi connectivity index (χ1n) is 5.07. The van der Waals surface area contributed by atoms with Gasteiger partial charge in [-0.2, -0.15) is 0 Å². The molecule has 0 saturated carbocycles. The zero-order valence-electron chi connectivity index (χ0n) is 9.29. The van der Waals surface area contributed by atoms with Crippen LogP contribution in [0.5, 0.6) is 0 Å². The average Bonchev–Trinajstić information content (AvgIpc) is 2.13. The molecule has 0 aromatic carbocycles. The summed E-state index contributed by atoms with van der Waals surface area (Å²) in [5, 5.41) is 0. The number of hydrogen-bond donors (Lipinski definition) is 1. The SMILES string of the molecule is CCOCCOC(=O)C(CN)C(C)C. The maximum Gasteiger partial charge on any atom is 0.310 e. The molecule has 4 nitrogen and oxygen atoms in total. The predicted molar refractivity (Wildman–Crippen MR) is 54.8 cm³/mol. The van der Waals surface area contributed by atoms with Crippen molar-refractivity contribution in [1.29, 1.82) is 0 Å². The van der Waals surface area contributed by atoms with Gasteiger partial charge in [0.25, 0.3) is 0 Å². The second-order valence-corrected chi connectivity index (χ2v) is 3.45. The fraction of sp³-hybridized carbons (Fsp3) is 0.900. The van der Waals surface area contributed by atoms with Gasteiger partial charge in [-0.3, -0.25) is 4.79 Å². The van der Waals surface area contributed by atoms with Crippen LogP contribution in [0, 0.1) is 11.8 Å². The fourth-order valence-corrected chi connectivity index (χ4v) is 1.09. The molecule has 0 aliphatic rings. The lowest BCUT2D eigenvalue weighted by molar-refractivity contribution is -0.151. The van der Waals surface area contributed by atoms with Gasteiger partial charge >= 0.3 is 5.97 Å². The highest BCUT2D eigenvalue weighted by atomic mass is 16.6. The molecule has 0 heterocycles. The van der Waals surface area contributed by atoms with Crippen LogP contribution in [0.2, 0.25) is 0 Å². The van der Waals surface area contributed by atoms with E-state index in [4.69, 9.17) is 15.2 Å². The smallest absolute Gasteiger partial charge is 0.310 e. The topological polar surface area (TPSA) is 61.5 Å². The number of carbonyl (C=O) groups excluding carboxylic acids is 1. The Morgan fingerprint density at radius 3 is 2.43 bits per heavy atom. The van der Waals surface area contributed by atoms with Crippen LogP contribution < -0.4 is 5.73 Å². The van der Waals surface area contributed by atoms with Crippen molar-refractivity contribution in [3.63, 3.8) is 0 Å². The number of carbonyl (C=O) groups is 1. The summed E-state index contributed by atoms with van der Waals surface area (Å²) < 4.78 is 10.1. The Kier molecular flexibility index (Phi) is 7.42. The molecule has 0 rings (SSSR count). The lowest BCUT2D eigenvalue weighted by atomic mass is 9.96. The summed E-state index contributed by atoms with van der Waals surface area (Å²) in [6.07, 6.45) is 0. The van der Waals surface area contributed by atoms with Crippen LogP contribution in [-0.4, -0.2) is 32.3 Å². The summed E-state index contributed by atoms with van der Waals surface area (Å²) in [4.78, 5) is 11.4. The van der Waals surface area contributed by atoms with Gasteiger partial charge in [0.05, 0.1) is 12.5 Å². The first-order chi connectivity index (χ1) is 6.63. The third-order valence-electron chi connectivity index (χ3n) is 2.04. The molecule has 84 valence electrons. The summed E-state index contributed by atoms with van der Waals surface area (Å²) in [7, 11) is 0. The van der Waals surface area contributed by atoms with Crippen LogP contribution in [0.25, 0.3) is 0 Å². The van der Waals surface area contributed by atoms with Crippen LogP contribution in [0.4, 0.5) is 0 Å². The minimum absolute atomic E-state index is 0.198. The molecule has 0 saturated heterocycles. The highest BCUT2D eigenvalue weighted by Gasteiger charge is 2.21. The van der Waals surface area contributed by atoms with Crippen LogP contribution in [0.15, 0.2) is 0 Å². The molecule has 0 bridgehead atoms. The van der Waals surface area contributed by atoms with E-state index in [0.29, 0.717) is 26.4 Å².